The zero-order chi connectivity index (χ0) is 6.69. The quantitative estimate of drug-likeness (QED) is 0.371. The van der Waals surface area contributed by atoms with Gasteiger partial charge in [-0.1, -0.05) is 13.1 Å². The third-order valence-electron chi connectivity index (χ3n) is 1.70. The standard InChI is InChI=1S/C7H13Si2.2ClH.Ti/c1-8-6-3-4-7(5-6)9-2;;;/h3-5H,8-9H2,1-2H3;2*1H;/q-1;;;+3/p-2. The minimum Gasteiger partial charge on any atom is -1.00 e. The van der Waals surface area contributed by atoms with Crippen LogP contribution in [0.5, 0.6) is 0 Å². The Hall–Kier alpha value is 1.08. The second-order valence-corrected chi connectivity index (χ2v) is 5.38. The molecule has 0 atom stereocenters. The summed E-state index contributed by atoms with van der Waals surface area (Å²) in [6.07, 6.45) is 0. The number of hydrogen-bond donors (Lipinski definition) is 0. The Balaban J connectivity index is -0.000000270. The van der Waals surface area contributed by atoms with E-state index in [2.05, 4.69) is 31.3 Å². The molecule has 0 aliphatic rings. The SMILES string of the molecule is C[SiH2]c1cc[c-]([SiH2]C)c1.[Cl-].[Cl-].[Ti+3]. The third kappa shape index (κ3) is 5.68. The van der Waals surface area contributed by atoms with E-state index in [1.807, 2.05) is 0 Å². The van der Waals surface area contributed by atoms with Gasteiger partial charge in [-0.05, 0) is 19.0 Å². The summed E-state index contributed by atoms with van der Waals surface area (Å²) >= 11 is 0. The van der Waals surface area contributed by atoms with Crippen LogP contribution in [0.25, 0.3) is 0 Å². The van der Waals surface area contributed by atoms with E-state index < -0.39 is 0 Å². The summed E-state index contributed by atoms with van der Waals surface area (Å²) in [6, 6.07) is 7.01. The topological polar surface area (TPSA) is 0 Å². The van der Waals surface area contributed by atoms with Crippen LogP contribution in [0.15, 0.2) is 18.2 Å². The third-order valence-corrected chi connectivity index (χ3v) is 4.21. The molecule has 0 unspecified atom stereocenters. The van der Waals surface area contributed by atoms with Crippen molar-refractivity contribution in [2.24, 2.45) is 0 Å². The molecular formula is C7H13Cl2Si2Ti. The minimum atomic E-state index is 0. The van der Waals surface area contributed by atoms with Crippen molar-refractivity contribution in [3.05, 3.63) is 18.2 Å². The van der Waals surface area contributed by atoms with Crippen LogP contribution in [0.3, 0.4) is 0 Å². The van der Waals surface area contributed by atoms with Gasteiger partial charge in [-0.2, -0.15) is 17.3 Å². The predicted molar refractivity (Wildman–Crippen MR) is 50.1 cm³/mol. The molecule has 0 N–H and O–H groups in total. The number of rotatable bonds is 2. The molecule has 0 aromatic heterocycles. The van der Waals surface area contributed by atoms with Crippen LogP contribution in [0.4, 0.5) is 0 Å². The van der Waals surface area contributed by atoms with Crippen molar-refractivity contribution in [3.63, 3.8) is 0 Å². The second kappa shape index (κ2) is 10.2. The van der Waals surface area contributed by atoms with Crippen molar-refractivity contribution < 1.29 is 46.5 Å². The molecule has 0 heterocycles. The van der Waals surface area contributed by atoms with Crippen molar-refractivity contribution in [1.29, 1.82) is 0 Å². The molecule has 1 aromatic carbocycles. The average molecular weight is 272 g/mol. The first-order valence-corrected chi connectivity index (χ1v) is 7.85. The van der Waals surface area contributed by atoms with Gasteiger partial charge in [0.05, 0.1) is 0 Å². The minimum absolute atomic E-state index is 0. The summed E-state index contributed by atoms with van der Waals surface area (Å²) in [5.41, 5.74) is 0. The molecule has 12 heavy (non-hydrogen) atoms. The van der Waals surface area contributed by atoms with E-state index in [1.165, 1.54) is 0 Å². The van der Waals surface area contributed by atoms with Crippen LogP contribution < -0.4 is 35.2 Å². The van der Waals surface area contributed by atoms with Crippen molar-refractivity contribution in [1.82, 2.24) is 0 Å². The van der Waals surface area contributed by atoms with E-state index >= 15 is 0 Å². The summed E-state index contributed by atoms with van der Waals surface area (Å²) in [7, 11) is 0.250. The summed E-state index contributed by atoms with van der Waals surface area (Å²) < 4.78 is 0. The van der Waals surface area contributed by atoms with Crippen LogP contribution in [0, 0.1) is 0 Å². The van der Waals surface area contributed by atoms with Gasteiger partial charge in [0.2, 0.25) is 0 Å². The molecule has 0 spiro atoms. The Kier molecular flexibility index (Phi) is 15.9. The second-order valence-electron chi connectivity index (χ2n) is 2.33. The van der Waals surface area contributed by atoms with Crippen LogP contribution >= 0.6 is 0 Å². The van der Waals surface area contributed by atoms with Crippen LogP contribution in [-0.2, 0) is 21.7 Å². The Morgan fingerprint density at radius 1 is 1.25 bits per heavy atom. The Bertz CT molecular complexity index is 173. The maximum atomic E-state index is 2.40. The van der Waals surface area contributed by atoms with Crippen LogP contribution in [0.1, 0.15) is 0 Å². The van der Waals surface area contributed by atoms with Crippen molar-refractivity contribution in [2.45, 2.75) is 13.1 Å². The van der Waals surface area contributed by atoms with Gasteiger partial charge < -0.3 is 24.8 Å². The Morgan fingerprint density at radius 3 is 2.08 bits per heavy atom. The molecule has 5 heteroatoms. The van der Waals surface area contributed by atoms with Crippen molar-refractivity contribution >= 4 is 29.4 Å². The predicted octanol–water partition coefficient (Wildman–Crippen LogP) is -6.90. The van der Waals surface area contributed by atoms with E-state index in [9.17, 15) is 0 Å². The van der Waals surface area contributed by atoms with Crippen LogP contribution in [0.2, 0.25) is 13.1 Å². The first kappa shape index (κ1) is 18.8. The Morgan fingerprint density at radius 2 is 1.83 bits per heavy atom. The zero-order valence-corrected chi connectivity index (χ0v) is 13.3. The van der Waals surface area contributed by atoms with Gasteiger partial charge in [0, 0.05) is 0 Å². The Labute approximate surface area is 107 Å². The summed E-state index contributed by atoms with van der Waals surface area (Å²) in [5, 5.41) is 3.28. The molecule has 0 nitrogen and oxygen atoms in total. The first-order valence-electron chi connectivity index (χ1n) is 3.61. The maximum Gasteiger partial charge on any atom is 3.00 e. The molecule has 0 amide bonds. The first-order chi connectivity index (χ1) is 4.36. The molecule has 0 aliphatic carbocycles. The van der Waals surface area contributed by atoms with Gasteiger partial charge in [0.15, 0.2) is 0 Å². The largest absolute Gasteiger partial charge is 3.00 e. The van der Waals surface area contributed by atoms with Gasteiger partial charge in [-0.3, -0.25) is 0 Å². The molecule has 1 radical (unpaired) electrons. The molecule has 0 bridgehead atoms. The molecular weight excluding hydrogens is 259 g/mol. The number of halogens is 2. The maximum absolute atomic E-state index is 2.40. The van der Waals surface area contributed by atoms with E-state index in [4.69, 9.17) is 0 Å². The summed E-state index contributed by atoms with van der Waals surface area (Å²) in [6.45, 7) is 4.69. The van der Waals surface area contributed by atoms with Gasteiger partial charge in [0.1, 0.15) is 0 Å². The van der Waals surface area contributed by atoms with Gasteiger partial charge >= 0.3 is 21.7 Å². The van der Waals surface area contributed by atoms with Crippen molar-refractivity contribution in [2.75, 3.05) is 0 Å². The smallest absolute Gasteiger partial charge is 1.00 e. The molecule has 0 fully saturated rings. The van der Waals surface area contributed by atoms with E-state index in [0.29, 0.717) is 0 Å². The van der Waals surface area contributed by atoms with Gasteiger partial charge in [0.25, 0.3) is 0 Å². The fourth-order valence-electron chi connectivity index (χ4n) is 0.988. The van der Waals surface area contributed by atoms with Gasteiger partial charge in [-0.25, -0.2) is 11.3 Å². The van der Waals surface area contributed by atoms with E-state index in [-0.39, 0.29) is 65.6 Å². The molecule has 0 saturated carbocycles. The van der Waals surface area contributed by atoms with Crippen molar-refractivity contribution in [3.8, 4) is 0 Å². The zero-order valence-electron chi connectivity index (χ0n) is 7.40. The molecule has 67 valence electrons. The van der Waals surface area contributed by atoms with E-state index in [0.717, 1.165) is 0 Å². The monoisotopic (exact) mass is 271 g/mol. The molecule has 0 aliphatic heterocycles. The molecule has 0 saturated heterocycles. The summed E-state index contributed by atoms with van der Waals surface area (Å²) in [5.74, 6) is 0. The van der Waals surface area contributed by atoms with E-state index in [1.54, 1.807) is 10.4 Å². The fourth-order valence-corrected chi connectivity index (χ4v) is 2.92. The molecule has 1 aromatic rings. The molecule has 1 rings (SSSR count). The average Bonchev–Trinajstić information content (AvgIpc) is 2.34. The number of hydrogen-bond acceptors (Lipinski definition) is 0. The summed E-state index contributed by atoms with van der Waals surface area (Å²) in [4.78, 5) is 0. The van der Waals surface area contributed by atoms with Gasteiger partial charge in [-0.15, -0.1) is 0 Å². The fraction of sp³-hybridized carbons (Fsp3) is 0.286. The normalized spacial score (nSPS) is 9.50. The van der Waals surface area contributed by atoms with Crippen LogP contribution in [-0.4, -0.2) is 19.0 Å².